The van der Waals surface area contributed by atoms with Crippen molar-refractivity contribution >= 4 is 50.7 Å². The number of sulfonamides is 1. The molecule has 0 aromatic heterocycles. The second-order valence-electron chi connectivity index (χ2n) is 10.8. The van der Waals surface area contributed by atoms with Crippen LogP contribution >= 0.6 is 23.2 Å². The van der Waals surface area contributed by atoms with Gasteiger partial charge in [0.15, 0.2) is 0 Å². The zero-order valence-electron chi connectivity index (χ0n) is 23.9. The lowest BCUT2D eigenvalue weighted by Gasteiger charge is -2.34. The van der Waals surface area contributed by atoms with Gasteiger partial charge in [0.2, 0.25) is 21.8 Å². The molecule has 0 unspecified atom stereocenters. The first-order chi connectivity index (χ1) is 20.7. The maximum absolute atomic E-state index is 14.2. The van der Waals surface area contributed by atoms with E-state index in [-0.39, 0.29) is 24.0 Å². The van der Waals surface area contributed by atoms with Gasteiger partial charge in [-0.15, -0.1) is 0 Å². The first-order valence-corrected chi connectivity index (χ1v) is 16.6. The van der Waals surface area contributed by atoms with E-state index in [0.29, 0.717) is 21.0 Å². The molecule has 1 atom stereocenters. The number of halogens is 5. The summed E-state index contributed by atoms with van der Waals surface area (Å²) >= 11 is 12.4. The van der Waals surface area contributed by atoms with E-state index in [0.717, 1.165) is 49.6 Å². The summed E-state index contributed by atoms with van der Waals surface area (Å²) in [6, 6.07) is 16.8. The van der Waals surface area contributed by atoms with Gasteiger partial charge in [-0.05, 0) is 54.3 Å². The summed E-state index contributed by atoms with van der Waals surface area (Å²) in [6.45, 7) is -1.02. The van der Waals surface area contributed by atoms with Crippen molar-refractivity contribution in [3.8, 4) is 0 Å². The molecule has 3 aromatic carbocycles. The predicted octanol–water partition coefficient (Wildman–Crippen LogP) is 6.48. The van der Waals surface area contributed by atoms with Gasteiger partial charge in [-0.25, -0.2) is 8.42 Å². The van der Waals surface area contributed by atoms with Crippen LogP contribution in [-0.2, 0) is 38.8 Å². The average molecular weight is 671 g/mol. The molecule has 1 fully saturated rings. The Bertz CT molecular complexity index is 1580. The first kappa shape index (κ1) is 33.6. The van der Waals surface area contributed by atoms with Crippen LogP contribution in [0, 0.1) is 0 Å². The second kappa shape index (κ2) is 14.2. The van der Waals surface area contributed by atoms with E-state index in [4.69, 9.17) is 23.2 Å². The molecule has 0 aliphatic heterocycles. The summed E-state index contributed by atoms with van der Waals surface area (Å²) in [4.78, 5) is 29.3. The molecule has 2 amide bonds. The number of carbonyl (C=O) groups excluding carboxylic acids is 2. The Labute approximate surface area is 265 Å². The number of alkyl halides is 3. The number of nitrogens with zero attached hydrogens (tertiary/aromatic N) is 2. The van der Waals surface area contributed by atoms with Crippen LogP contribution in [0.5, 0.6) is 0 Å². The average Bonchev–Trinajstić information content (AvgIpc) is 3.46. The highest BCUT2D eigenvalue weighted by Gasteiger charge is 2.36. The fraction of sp³-hybridized carbons (Fsp3) is 0.355. The van der Waals surface area contributed by atoms with Gasteiger partial charge in [0.25, 0.3) is 0 Å². The summed E-state index contributed by atoms with van der Waals surface area (Å²) < 4.78 is 67.1. The second-order valence-corrected chi connectivity index (χ2v) is 13.5. The van der Waals surface area contributed by atoms with Crippen molar-refractivity contribution in [3.05, 3.63) is 99.5 Å². The normalized spacial score (nSPS) is 14.7. The lowest BCUT2D eigenvalue weighted by Crippen LogP contribution is -2.54. The third-order valence-electron chi connectivity index (χ3n) is 7.44. The van der Waals surface area contributed by atoms with E-state index < -0.39 is 51.9 Å². The van der Waals surface area contributed by atoms with Crippen LogP contribution in [0.3, 0.4) is 0 Å². The SMILES string of the molecule is CS(=O)(=O)N(CC(=O)N(Cc1cccc(Cl)c1)[C@H](Cc1ccccc1)C(=O)NC1CCCC1)c1cc(C(F)(F)F)ccc1Cl. The van der Waals surface area contributed by atoms with Crippen LogP contribution < -0.4 is 9.62 Å². The quantitative estimate of drug-likeness (QED) is 0.253. The molecule has 0 spiro atoms. The van der Waals surface area contributed by atoms with E-state index in [1.54, 1.807) is 36.4 Å². The molecule has 1 aliphatic rings. The smallest absolute Gasteiger partial charge is 0.352 e. The third kappa shape index (κ3) is 8.89. The Morgan fingerprint density at radius 1 is 0.955 bits per heavy atom. The molecule has 0 heterocycles. The van der Waals surface area contributed by atoms with Gasteiger partial charge in [0.05, 0.1) is 22.5 Å². The highest BCUT2D eigenvalue weighted by molar-refractivity contribution is 7.92. The molecule has 236 valence electrons. The van der Waals surface area contributed by atoms with Gasteiger partial charge >= 0.3 is 6.18 Å². The predicted molar refractivity (Wildman–Crippen MR) is 165 cm³/mol. The lowest BCUT2D eigenvalue weighted by molar-refractivity contribution is -0.140. The zero-order chi connectivity index (χ0) is 32.1. The molecular weight excluding hydrogens is 638 g/mol. The standard InChI is InChI=1S/C31H32Cl2F3N3O4S/c1-44(42,43)39(27-18-23(31(34,35)36)14-15-26(27)33)20-29(40)38(19-22-10-7-11-24(32)16-22)28(17-21-8-3-2-4-9-21)30(41)37-25-12-5-6-13-25/h2-4,7-11,14-16,18,25,28H,5-6,12-13,17,19-20H2,1H3,(H,37,41)/t28-/m1/s1. The molecule has 13 heteroatoms. The Hall–Kier alpha value is -3.28. The van der Waals surface area contributed by atoms with Crippen molar-refractivity contribution < 1.29 is 31.2 Å². The van der Waals surface area contributed by atoms with Crippen molar-refractivity contribution in [1.29, 1.82) is 0 Å². The third-order valence-corrected chi connectivity index (χ3v) is 9.12. The van der Waals surface area contributed by atoms with Crippen molar-refractivity contribution in [2.24, 2.45) is 0 Å². The molecule has 0 radical (unpaired) electrons. The maximum Gasteiger partial charge on any atom is 0.416 e. The summed E-state index contributed by atoms with van der Waals surface area (Å²) in [6.07, 6.45) is -0.406. The van der Waals surface area contributed by atoms with E-state index in [1.165, 1.54) is 4.90 Å². The van der Waals surface area contributed by atoms with Crippen molar-refractivity contribution in [1.82, 2.24) is 10.2 Å². The number of benzene rings is 3. The minimum absolute atomic E-state index is 0.0691. The van der Waals surface area contributed by atoms with Crippen LogP contribution in [0.25, 0.3) is 0 Å². The van der Waals surface area contributed by atoms with Crippen molar-refractivity contribution in [2.75, 3.05) is 17.1 Å². The van der Waals surface area contributed by atoms with Gasteiger partial charge in [0, 0.05) is 24.0 Å². The molecule has 0 bridgehead atoms. The van der Waals surface area contributed by atoms with Gasteiger partial charge in [-0.1, -0.05) is 78.5 Å². The van der Waals surface area contributed by atoms with Crippen LogP contribution in [-0.4, -0.2) is 50.0 Å². The molecule has 4 rings (SSSR count). The van der Waals surface area contributed by atoms with Gasteiger partial charge in [-0.2, -0.15) is 13.2 Å². The summed E-state index contributed by atoms with van der Waals surface area (Å²) in [5.41, 5.74) is -0.314. The Morgan fingerprint density at radius 3 is 2.23 bits per heavy atom. The Balaban J connectivity index is 1.77. The number of hydrogen-bond donors (Lipinski definition) is 1. The number of anilines is 1. The monoisotopic (exact) mass is 669 g/mol. The van der Waals surface area contributed by atoms with Crippen LogP contribution in [0.2, 0.25) is 10.0 Å². The molecule has 3 aromatic rings. The molecule has 1 aliphatic carbocycles. The molecule has 0 saturated heterocycles. The summed E-state index contributed by atoms with van der Waals surface area (Å²) in [5, 5.41) is 3.14. The number of amides is 2. The molecule has 1 N–H and O–H groups in total. The first-order valence-electron chi connectivity index (χ1n) is 13.9. The summed E-state index contributed by atoms with van der Waals surface area (Å²) in [7, 11) is -4.32. The number of carbonyl (C=O) groups is 2. The van der Waals surface area contributed by atoms with Crippen molar-refractivity contribution in [3.63, 3.8) is 0 Å². The van der Waals surface area contributed by atoms with Crippen molar-refractivity contribution in [2.45, 2.75) is 56.9 Å². The lowest BCUT2D eigenvalue weighted by atomic mass is 10.0. The van der Waals surface area contributed by atoms with E-state index >= 15 is 0 Å². The van der Waals surface area contributed by atoms with Gasteiger partial charge in [0.1, 0.15) is 12.6 Å². The van der Waals surface area contributed by atoms with Gasteiger partial charge in [-0.3, -0.25) is 13.9 Å². The maximum atomic E-state index is 14.2. The molecular formula is C31H32Cl2F3N3O4S. The highest BCUT2D eigenvalue weighted by atomic mass is 35.5. The molecule has 44 heavy (non-hydrogen) atoms. The minimum atomic E-state index is -4.79. The van der Waals surface area contributed by atoms with E-state index in [2.05, 4.69) is 5.32 Å². The van der Waals surface area contributed by atoms with Crippen LogP contribution in [0.4, 0.5) is 18.9 Å². The number of rotatable bonds is 11. The largest absolute Gasteiger partial charge is 0.416 e. The number of nitrogens with one attached hydrogen (secondary N) is 1. The molecule has 7 nitrogen and oxygen atoms in total. The zero-order valence-corrected chi connectivity index (χ0v) is 26.2. The topological polar surface area (TPSA) is 86.8 Å². The van der Waals surface area contributed by atoms with E-state index in [1.807, 2.05) is 18.2 Å². The van der Waals surface area contributed by atoms with Gasteiger partial charge < -0.3 is 10.2 Å². The molecule has 1 saturated carbocycles. The van der Waals surface area contributed by atoms with Crippen LogP contribution in [0.1, 0.15) is 42.4 Å². The summed E-state index contributed by atoms with van der Waals surface area (Å²) in [5.74, 6) is -1.23. The van der Waals surface area contributed by atoms with E-state index in [9.17, 15) is 31.2 Å². The fourth-order valence-corrected chi connectivity index (χ4v) is 6.56. The fourth-order valence-electron chi connectivity index (χ4n) is 5.23. The van der Waals surface area contributed by atoms with Crippen LogP contribution in [0.15, 0.2) is 72.8 Å². The highest BCUT2D eigenvalue weighted by Crippen LogP contribution is 2.36. The Morgan fingerprint density at radius 2 is 1.61 bits per heavy atom. The minimum Gasteiger partial charge on any atom is -0.352 e. The number of hydrogen-bond acceptors (Lipinski definition) is 4. The Kier molecular flexibility index (Phi) is 10.9.